The molecule has 1 aromatic heterocycles. The van der Waals surface area contributed by atoms with Crippen LogP contribution in [0.5, 0.6) is 0 Å². The van der Waals surface area contributed by atoms with E-state index >= 15 is 0 Å². The van der Waals surface area contributed by atoms with Gasteiger partial charge >= 0.3 is 0 Å². The van der Waals surface area contributed by atoms with Crippen LogP contribution >= 0.6 is 0 Å². The molecule has 1 rings (SSSR count). The Kier molecular flexibility index (Phi) is 5.22. The third-order valence-electron chi connectivity index (χ3n) is 3.28. The summed E-state index contributed by atoms with van der Waals surface area (Å²) in [7, 11) is 0. The molecular weight excluding hydrogens is 212 g/mol. The van der Waals surface area contributed by atoms with Crippen molar-refractivity contribution >= 4 is 0 Å². The SMILES string of the molecule is CCN(CCC(N)C(C)(C)C)Cc1ccco1. The lowest BCUT2D eigenvalue weighted by atomic mass is 9.85. The highest BCUT2D eigenvalue weighted by molar-refractivity contribution is 4.97. The smallest absolute Gasteiger partial charge is 0.117 e. The topological polar surface area (TPSA) is 42.4 Å². The molecule has 3 heteroatoms. The van der Waals surface area contributed by atoms with Crippen LogP contribution in [0.25, 0.3) is 0 Å². The van der Waals surface area contributed by atoms with Gasteiger partial charge in [0.2, 0.25) is 0 Å². The molecule has 1 heterocycles. The van der Waals surface area contributed by atoms with Gasteiger partial charge in [0.15, 0.2) is 0 Å². The molecule has 1 unspecified atom stereocenters. The predicted molar refractivity (Wildman–Crippen MR) is 71.7 cm³/mol. The maximum Gasteiger partial charge on any atom is 0.117 e. The Morgan fingerprint density at radius 3 is 2.59 bits per heavy atom. The number of hydrogen-bond acceptors (Lipinski definition) is 3. The van der Waals surface area contributed by atoms with E-state index < -0.39 is 0 Å². The molecule has 0 aliphatic rings. The normalized spacial score (nSPS) is 14.2. The molecule has 1 atom stereocenters. The number of rotatable bonds is 6. The standard InChI is InChI=1S/C14H26N2O/c1-5-16(11-12-7-6-10-17-12)9-8-13(15)14(2,3)4/h6-7,10,13H,5,8-9,11,15H2,1-4H3. The van der Waals surface area contributed by atoms with E-state index in [1.165, 1.54) is 0 Å². The third-order valence-corrected chi connectivity index (χ3v) is 3.28. The molecule has 0 amide bonds. The Hall–Kier alpha value is -0.800. The first-order valence-electron chi connectivity index (χ1n) is 6.43. The van der Waals surface area contributed by atoms with E-state index in [-0.39, 0.29) is 11.5 Å². The molecule has 0 aromatic carbocycles. The maximum absolute atomic E-state index is 6.18. The number of furan rings is 1. The first kappa shape index (κ1) is 14.3. The van der Waals surface area contributed by atoms with E-state index in [4.69, 9.17) is 10.2 Å². The Balaban J connectivity index is 2.37. The largest absolute Gasteiger partial charge is 0.468 e. The van der Waals surface area contributed by atoms with Crippen LogP contribution < -0.4 is 5.73 Å². The molecule has 17 heavy (non-hydrogen) atoms. The van der Waals surface area contributed by atoms with Gasteiger partial charge < -0.3 is 10.2 Å². The zero-order valence-electron chi connectivity index (χ0n) is 11.6. The van der Waals surface area contributed by atoms with Crippen LogP contribution in [0.3, 0.4) is 0 Å². The van der Waals surface area contributed by atoms with Gasteiger partial charge in [0.25, 0.3) is 0 Å². The quantitative estimate of drug-likeness (QED) is 0.828. The van der Waals surface area contributed by atoms with Crippen LogP contribution in [0, 0.1) is 5.41 Å². The third kappa shape index (κ3) is 4.92. The van der Waals surface area contributed by atoms with E-state index in [1.54, 1.807) is 6.26 Å². The van der Waals surface area contributed by atoms with E-state index in [2.05, 4.69) is 32.6 Å². The Morgan fingerprint density at radius 1 is 1.41 bits per heavy atom. The highest BCUT2D eigenvalue weighted by atomic mass is 16.3. The molecule has 0 saturated carbocycles. The van der Waals surface area contributed by atoms with E-state index in [0.717, 1.165) is 31.8 Å². The van der Waals surface area contributed by atoms with Crippen LogP contribution in [-0.4, -0.2) is 24.0 Å². The van der Waals surface area contributed by atoms with Crippen molar-refractivity contribution in [2.75, 3.05) is 13.1 Å². The van der Waals surface area contributed by atoms with Gasteiger partial charge in [0, 0.05) is 12.6 Å². The Labute approximate surface area is 105 Å². The molecule has 0 spiro atoms. The number of nitrogens with two attached hydrogens (primary N) is 1. The van der Waals surface area contributed by atoms with Crippen molar-refractivity contribution in [2.45, 2.75) is 46.7 Å². The molecule has 0 bridgehead atoms. The molecule has 98 valence electrons. The maximum atomic E-state index is 6.18. The van der Waals surface area contributed by atoms with Gasteiger partial charge in [-0.3, -0.25) is 4.90 Å². The summed E-state index contributed by atoms with van der Waals surface area (Å²) >= 11 is 0. The minimum atomic E-state index is 0.185. The lowest BCUT2D eigenvalue weighted by Crippen LogP contribution is -2.38. The Morgan fingerprint density at radius 2 is 2.12 bits per heavy atom. The Bertz CT molecular complexity index is 301. The van der Waals surface area contributed by atoms with E-state index in [9.17, 15) is 0 Å². The fourth-order valence-corrected chi connectivity index (χ4v) is 1.73. The monoisotopic (exact) mass is 238 g/mol. The van der Waals surface area contributed by atoms with Crippen molar-refractivity contribution in [1.29, 1.82) is 0 Å². The zero-order valence-corrected chi connectivity index (χ0v) is 11.6. The average Bonchev–Trinajstić information content (AvgIpc) is 2.74. The molecule has 1 aromatic rings. The van der Waals surface area contributed by atoms with Crippen molar-refractivity contribution in [3.05, 3.63) is 24.2 Å². The van der Waals surface area contributed by atoms with Gasteiger partial charge in [-0.15, -0.1) is 0 Å². The second kappa shape index (κ2) is 6.22. The summed E-state index contributed by atoms with van der Waals surface area (Å²) in [6.45, 7) is 11.7. The van der Waals surface area contributed by atoms with Gasteiger partial charge in [-0.05, 0) is 30.5 Å². The number of nitrogens with zero attached hydrogens (tertiary/aromatic N) is 1. The lowest BCUT2D eigenvalue weighted by Gasteiger charge is -2.29. The van der Waals surface area contributed by atoms with E-state index in [0.29, 0.717) is 0 Å². The minimum Gasteiger partial charge on any atom is -0.468 e. The summed E-state index contributed by atoms with van der Waals surface area (Å²) < 4.78 is 5.37. The summed E-state index contributed by atoms with van der Waals surface area (Å²) in [5.41, 5.74) is 6.36. The average molecular weight is 238 g/mol. The van der Waals surface area contributed by atoms with Crippen LogP contribution in [0.1, 0.15) is 39.9 Å². The summed E-state index contributed by atoms with van der Waals surface area (Å²) in [4.78, 5) is 2.37. The van der Waals surface area contributed by atoms with Crippen LogP contribution in [0.2, 0.25) is 0 Å². The molecule has 0 radical (unpaired) electrons. The first-order valence-corrected chi connectivity index (χ1v) is 6.43. The molecule has 0 aliphatic heterocycles. The fourth-order valence-electron chi connectivity index (χ4n) is 1.73. The minimum absolute atomic E-state index is 0.185. The molecule has 3 nitrogen and oxygen atoms in total. The van der Waals surface area contributed by atoms with Crippen LogP contribution in [0.15, 0.2) is 22.8 Å². The van der Waals surface area contributed by atoms with Crippen molar-refractivity contribution in [1.82, 2.24) is 4.90 Å². The van der Waals surface area contributed by atoms with E-state index in [1.807, 2.05) is 12.1 Å². The summed E-state index contributed by atoms with van der Waals surface area (Å²) in [6, 6.07) is 4.20. The fraction of sp³-hybridized carbons (Fsp3) is 0.714. The van der Waals surface area contributed by atoms with Crippen molar-refractivity contribution in [3.8, 4) is 0 Å². The zero-order chi connectivity index (χ0) is 12.9. The van der Waals surface area contributed by atoms with Crippen molar-refractivity contribution in [3.63, 3.8) is 0 Å². The van der Waals surface area contributed by atoms with Crippen molar-refractivity contribution in [2.24, 2.45) is 11.1 Å². The van der Waals surface area contributed by atoms with Gasteiger partial charge in [-0.25, -0.2) is 0 Å². The highest BCUT2D eigenvalue weighted by Gasteiger charge is 2.20. The summed E-state index contributed by atoms with van der Waals surface area (Å²) in [5, 5.41) is 0. The van der Waals surface area contributed by atoms with Crippen molar-refractivity contribution < 1.29 is 4.42 Å². The highest BCUT2D eigenvalue weighted by Crippen LogP contribution is 2.20. The van der Waals surface area contributed by atoms with Crippen LogP contribution in [-0.2, 0) is 6.54 Å². The van der Waals surface area contributed by atoms with Gasteiger partial charge in [-0.1, -0.05) is 27.7 Å². The molecule has 0 aliphatic carbocycles. The molecule has 0 fully saturated rings. The van der Waals surface area contributed by atoms with Gasteiger partial charge in [-0.2, -0.15) is 0 Å². The second-order valence-corrected chi connectivity index (χ2v) is 5.71. The molecule has 0 saturated heterocycles. The van der Waals surface area contributed by atoms with Gasteiger partial charge in [0.1, 0.15) is 5.76 Å². The van der Waals surface area contributed by atoms with Gasteiger partial charge in [0.05, 0.1) is 12.8 Å². The lowest BCUT2D eigenvalue weighted by molar-refractivity contribution is 0.217. The molecule has 2 N–H and O–H groups in total. The van der Waals surface area contributed by atoms with Crippen LogP contribution in [0.4, 0.5) is 0 Å². The predicted octanol–water partition coefficient (Wildman–Crippen LogP) is 2.87. The second-order valence-electron chi connectivity index (χ2n) is 5.71. The first-order chi connectivity index (χ1) is 7.93. The summed E-state index contributed by atoms with van der Waals surface area (Å²) in [6.07, 6.45) is 2.75. The summed E-state index contributed by atoms with van der Waals surface area (Å²) in [5.74, 6) is 1.02. The molecular formula is C14H26N2O. The number of hydrogen-bond donors (Lipinski definition) is 1.